The first-order chi connectivity index (χ1) is 13.1. The average molecular weight is 473 g/mol. The van der Waals surface area contributed by atoms with Gasteiger partial charge in [-0.2, -0.15) is 5.10 Å². The van der Waals surface area contributed by atoms with E-state index in [1.54, 1.807) is 6.07 Å². The van der Waals surface area contributed by atoms with Gasteiger partial charge in [0.2, 0.25) is 5.91 Å². The zero-order valence-corrected chi connectivity index (χ0v) is 16.9. The van der Waals surface area contributed by atoms with E-state index in [4.69, 9.17) is 0 Å². The monoisotopic (exact) mass is 473 g/mol. The van der Waals surface area contributed by atoms with Crippen LogP contribution < -0.4 is 10.9 Å². The summed E-state index contributed by atoms with van der Waals surface area (Å²) in [4.78, 5) is 24.0. The fourth-order valence-corrected chi connectivity index (χ4v) is 3.01. The third-order valence-electron chi connectivity index (χ3n) is 4.11. The van der Waals surface area contributed by atoms with Gasteiger partial charge in [-0.15, -0.1) is 0 Å². The van der Waals surface area contributed by atoms with Gasteiger partial charge in [-0.25, -0.2) is 4.68 Å². The van der Waals surface area contributed by atoms with Crippen LogP contribution in [0.15, 0.2) is 71.5 Å². The van der Waals surface area contributed by atoms with Crippen LogP contribution in [-0.2, 0) is 17.9 Å². The van der Waals surface area contributed by atoms with Crippen LogP contribution in [0.1, 0.15) is 18.4 Å². The minimum absolute atomic E-state index is 0.0270. The molecule has 0 fully saturated rings. The van der Waals surface area contributed by atoms with Gasteiger partial charge in [0.1, 0.15) is 0 Å². The maximum absolute atomic E-state index is 12.0. The first kappa shape index (κ1) is 19.3. The van der Waals surface area contributed by atoms with Crippen LogP contribution in [0.5, 0.6) is 0 Å². The molecular weight excluding hydrogens is 453 g/mol. The van der Waals surface area contributed by atoms with Gasteiger partial charge in [0.15, 0.2) is 0 Å². The van der Waals surface area contributed by atoms with Crippen molar-refractivity contribution < 1.29 is 4.79 Å². The van der Waals surface area contributed by atoms with Crippen LogP contribution in [0.4, 0.5) is 0 Å². The Bertz CT molecular complexity index is 953. The van der Waals surface area contributed by atoms with Crippen molar-refractivity contribution in [1.82, 2.24) is 15.1 Å². The molecule has 1 heterocycles. The number of aromatic nitrogens is 2. The highest BCUT2D eigenvalue weighted by Crippen LogP contribution is 2.14. The van der Waals surface area contributed by atoms with Gasteiger partial charge in [0.25, 0.3) is 5.56 Å². The Morgan fingerprint density at radius 3 is 2.48 bits per heavy atom. The maximum Gasteiger partial charge on any atom is 0.266 e. The molecule has 0 unspecified atom stereocenters. The van der Waals surface area contributed by atoms with Gasteiger partial charge in [-0.3, -0.25) is 9.59 Å². The van der Waals surface area contributed by atoms with E-state index in [1.807, 2.05) is 54.6 Å². The molecule has 0 aliphatic heterocycles. The van der Waals surface area contributed by atoms with E-state index in [0.717, 1.165) is 16.8 Å². The normalized spacial score (nSPS) is 10.6. The molecule has 1 amide bonds. The number of benzene rings is 2. The molecule has 138 valence electrons. The minimum atomic E-state index is -0.158. The fraction of sp³-hybridized carbons (Fsp3) is 0.190. The van der Waals surface area contributed by atoms with Gasteiger partial charge in [0, 0.05) is 34.7 Å². The summed E-state index contributed by atoms with van der Waals surface area (Å²) >= 11 is 2.25. The summed E-state index contributed by atoms with van der Waals surface area (Å²) in [5, 5.41) is 7.32. The van der Waals surface area contributed by atoms with Crippen LogP contribution in [0.3, 0.4) is 0 Å². The predicted octanol–water partition coefficient (Wildman–Crippen LogP) is 3.61. The molecule has 0 spiro atoms. The van der Waals surface area contributed by atoms with Crippen molar-refractivity contribution >= 4 is 28.5 Å². The summed E-state index contributed by atoms with van der Waals surface area (Å²) in [6.45, 7) is 0.925. The molecule has 0 atom stereocenters. The number of hydrogen-bond acceptors (Lipinski definition) is 3. The Morgan fingerprint density at radius 1 is 1.00 bits per heavy atom. The number of amides is 1. The summed E-state index contributed by atoms with van der Waals surface area (Å²) < 4.78 is 2.59. The molecule has 3 aromatic rings. The van der Waals surface area contributed by atoms with Crippen LogP contribution >= 0.6 is 22.6 Å². The quantitative estimate of drug-likeness (QED) is 0.534. The third kappa shape index (κ3) is 5.75. The van der Waals surface area contributed by atoms with Crippen molar-refractivity contribution in [3.8, 4) is 11.3 Å². The first-order valence-corrected chi connectivity index (χ1v) is 9.84. The average Bonchev–Trinajstić information content (AvgIpc) is 2.69. The first-order valence-electron chi connectivity index (χ1n) is 8.76. The standard InChI is InChI=1S/C21H20IN3O2/c22-18-10-8-16(9-11-18)15-23-20(26)7-4-14-25-21(27)13-12-19(24-25)17-5-2-1-3-6-17/h1-3,5-6,8-13H,4,7,14-15H2,(H,23,26). The number of hydrogen-bond donors (Lipinski definition) is 1. The molecule has 3 rings (SSSR count). The molecule has 6 heteroatoms. The molecule has 5 nitrogen and oxygen atoms in total. The van der Waals surface area contributed by atoms with E-state index in [-0.39, 0.29) is 11.5 Å². The highest BCUT2D eigenvalue weighted by atomic mass is 127. The molecule has 2 aromatic carbocycles. The van der Waals surface area contributed by atoms with Crippen LogP contribution in [-0.4, -0.2) is 15.7 Å². The lowest BCUT2D eigenvalue weighted by atomic mass is 10.1. The Hall–Kier alpha value is -2.48. The Kier molecular flexibility index (Phi) is 6.75. The van der Waals surface area contributed by atoms with Gasteiger partial charge < -0.3 is 5.32 Å². The lowest BCUT2D eigenvalue weighted by Gasteiger charge is -2.08. The van der Waals surface area contributed by atoms with Crippen LogP contribution in [0.25, 0.3) is 11.3 Å². The van der Waals surface area contributed by atoms with Crippen molar-refractivity contribution in [2.24, 2.45) is 0 Å². The van der Waals surface area contributed by atoms with Crippen LogP contribution in [0, 0.1) is 3.57 Å². The Morgan fingerprint density at radius 2 is 1.74 bits per heavy atom. The Balaban J connectivity index is 1.51. The Labute approximate surface area is 171 Å². The van der Waals surface area contributed by atoms with Crippen molar-refractivity contribution in [3.05, 3.63) is 86.2 Å². The summed E-state index contributed by atoms with van der Waals surface area (Å²) in [7, 11) is 0. The van der Waals surface area contributed by atoms with Crippen molar-refractivity contribution in [2.75, 3.05) is 0 Å². The number of carbonyl (C=O) groups excluding carboxylic acids is 1. The summed E-state index contributed by atoms with van der Waals surface area (Å²) in [5.41, 5.74) is 2.62. The zero-order valence-electron chi connectivity index (χ0n) is 14.8. The van der Waals surface area contributed by atoms with Crippen LogP contribution in [0.2, 0.25) is 0 Å². The lowest BCUT2D eigenvalue weighted by Crippen LogP contribution is -2.25. The van der Waals surface area contributed by atoms with Crippen molar-refractivity contribution in [2.45, 2.75) is 25.9 Å². The van der Waals surface area contributed by atoms with E-state index in [9.17, 15) is 9.59 Å². The SMILES string of the molecule is O=C(CCCn1nc(-c2ccccc2)ccc1=O)NCc1ccc(I)cc1. The predicted molar refractivity (Wildman–Crippen MR) is 114 cm³/mol. The third-order valence-corrected chi connectivity index (χ3v) is 4.83. The highest BCUT2D eigenvalue weighted by molar-refractivity contribution is 14.1. The van der Waals surface area contributed by atoms with Gasteiger partial charge in [-0.1, -0.05) is 42.5 Å². The van der Waals surface area contributed by atoms with Gasteiger partial charge in [0.05, 0.1) is 5.69 Å². The largest absolute Gasteiger partial charge is 0.352 e. The molecule has 27 heavy (non-hydrogen) atoms. The highest BCUT2D eigenvalue weighted by Gasteiger charge is 2.05. The number of halogens is 1. The van der Waals surface area contributed by atoms with E-state index in [0.29, 0.717) is 25.9 Å². The number of nitrogens with zero attached hydrogens (tertiary/aromatic N) is 2. The number of carbonyl (C=O) groups is 1. The second-order valence-corrected chi connectivity index (χ2v) is 7.40. The molecule has 1 aromatic heterocycles. The summed E-state index contributed by atoms with van der Waals surface area (Å²) in [6.07, 6.45) is 0.914. The van der Waals surface area contributed by atoms with E-state index in [2.05, 4.69) is 33.0 Å². The molecule has 0 saturated heterocycles. The van der Waals surface area contributed by atoms with Gasteiger partial charge >= 0.3 is 0 Å². The van der Waals surface area contributed by atoms with Gasteiger partial charge in [-0.05, 0) is 52.8 Å². The van der Waals surface area contributed by atoms with Crippen molar-refractivity contribution in [1.29, 1.82) is 0 Å². The zero-order chi connectivity index (χ0) is 19.1. The molecule has 0 aliphatic rings. The number of nitrogens with one attached hydrogen (secondary N) is 1. The molecule has 0 aliphatic carbocycles. The van der Waals surface area contributed by atoms with E-state index in [1.165, 1.54) is 14.3 Å². The maximum atomic E-state index is 12.0. The molecule has 0 radical (unpaired) electrons. The molecule has 0 bridgehead atoms. The lowest BCUT2D eigenvalue weighted by molar-refractivity contribution is -0.121. The smallest absolute Gasteiger partial charge is 0.266 e. The molecule has 0 saturated carbocycles. The minimum Gasteiger partial charge on any atom is -0.352 e. The second kappa shape index (κ2) is 9.45. The second-order valence-electron chi connectivity index (χ2n) is 6.15. The summed E-state index contributed by atoms with van der Waals surface area (Å²) in [5.74, 6) is -0.0270. The fourth-order valence-electron chi connectivity index (χ4n) is 2.65. The molecular formula is C21H20IN3O2. The number of aryl methyl sites for hydroxylation is 1. The van der Waals surface area contributed by atoms with E-state index >= 15 is 0 Å². The topological polar surface area (TPSA) is 64.0 Å². The number of rotatable bonds is 7. The summed E-state index contributed by atoms with van der Waals surface area (Å²) in [6, 6.07) is 21.0. The van der Waals surface area contributed by atoms with E-state index < -0.39 is 0 Å². The molecule has 1 N–H and O–H groups in total. The van der Waals surface area contributed by atoms with Crippen molar-refractivity contribution in [3.63, 3.8) is 0 Å².